The van der Waals surface area contributed by atoms with Gasteiger partial charge < -0.3 is 11.1 Å². The van der Waals surface area contributed by atoms with E-state index in [9.17, 15) is 9.18 Å². The molecule has 0 aliphatic rings. The Hall–Kier alpha value is -2.43. The Morgan fingerprint density at radius 1 is 1.33 bits per heavy atom. The first-order valence-electron chi connectivity index (χ1n) is 5.34. The van der Waals surface area contributed by atoms with Gasteiger partial charge in [-0.05, 0) is 42.8 Å². The first kappa shape index (κ1) is 12.0. The number of pyridine rings is 1. The first-order chi connectivity index (χ1) is 8.54. The van der Waals surface area contributed by atoms with Crippen LogP contribution in [0.15, 0.2) is 36.5 Å². The van der Waals surface area contributed by atoms with Crippen molar-refractivity contribution >= 4 is 17.4 Å². The molecule has 0 aliphatic carbocycles. The van der Waals surface area contributed by atoms with E-state index in [4.69, 9.17) is 5.73 Å². The second-order valence-corrected chi connectivity index (χ2v) is 3.95. The number of hydrogen-bond donors (Lipinski definition) is 2. The number of halogens is 1. The number of aryl methyl sites for hydroxylation is 1. The number of hydrogen-bond acceptors (Lipinski definition) is 3. The van der Waals surface area contributed by atoms with E-state index in [1.165, 1.54) is 12.1 Å². The molecule has 0 saturated carbocycles. The lowest BCUT2D eigenvalue weighted by atomic mass is 10.1. The number of rotatable bonds is 2. The predicted octanol–water partition coefficient (Wildman–Crippen LogP) is 2.36. The van der Waals surface area contributed by atoms with Crippen LogP contribution in [0.2, 0.25) is 0 Å². The zero-order valence-electron chi connectivity index (χ0n) is 9.77. The summed E-state index contributed by atoms with van der Waals surface area (Å²) in [6.07, 6.45) is 1.04. The van der Waals surface area contributed by atoms with Crippen molar-refractivity contribution in [2.24, 2.45) is 0 Å². The topological polar surface area (TPSA) is 68.0 Å². The molecule has 1 aromatic carbocycles. The maximum atomic E-state index is 12.7. The molecule has 0 radical (unpaired) electrons. The van der Waals surface area contributed by atoms with E-state index in [2.05, 4.69) is 10.3 Å². The highest BCUT2D eigenvalue weighted by atomic mass is 19.1. The fourth-order valence-corrected chi connectivity index (χ4v) is 1.58. The van der Waals surface area contributed by atoms with Gasteiger partial charge in [0.25, 0.3) is 5.91 Å². The van der Waals surface area contributed by atoms with Crippen molar-refractivity contribution in [1.82, 2.24) is 4.98 Å². The van der Waals surface area contributed by atoms with E-state index in [-0.39, 0.29) is 5.91 Å². The maximum Gasteiger partial charge on any atom is 0.256 e. The van der Waals surface area contributed by atoms with Crippen LogP contribution < -0.4 is 11.1 Å². The standard InChI is InChI=1S/C13H12FN3O/c1-8-4-9(6-11(15)5-8)13(18)17-12-3-2-10(14)7-16-12/h2-7H,15H2,1H3,(H,16,17,18). The summed E-state index contributed by atoms with van der Waals surface area (Å²) in [6, 6.07) is 7.69. The molecule has 0 saturated heterocycles. The molecule has 1 amide bonds. The minimum Gasteiger partial charge on any atom is -0.399 e. The molecular formula is C13H12FN3O. The smallest absolute Gasteiger partial charge is 0.256 e. The molecule has 1 heterocycles. The van der Waals surface area contributed by atoms with Crippen LogP contribution in [-0.4, -0.2) is 10.9 Å². The molecule has 0 unspecified atom stereocenters. The van der Waals surface area contributed by atoms with E-state index < -0.39 is 5.82 Å². The van der Waals surface area contributed by atoms with Crippen LogP contribution in [-0.2, 0) is 0 Å². The number of nitrogens with zero attached hydrogens (tertiary/aromatic N) is 1. The lowest BCUT2D eigenvalue weighted by Crippen LogP contribution is -2.13. The number of amides is 1. The molecule has 0 bridgehead atoms. The van der Waals surface area contributed by atoms with Crippen molar-refractivity contribution in [2.45, 2.75) is 6.92 Å². The summed E-state index contributed by atoms with van der Waals surface area (Å²) in [5, 5.41) is 2.57. The average Bonchev–Trinajstić information content (AvgIpc) is 2.31. The number of anilines is 2. The number of nitrogen functional groups attached to an aromatic ring is 1. The Balaban J connectivity index is 2.19. The van der Waals surface area contributed by atoms with Gasteiger partial charge in [-0.2, -0.15) is 0 Å². The molecule has 0 spiro atoms. The van der Waals surface area contributed by atoms with Gasteiger partial charge in [0.15, 0.2) is 0 Å². The van der Waals surface area contributed by atoms with Crippen molar-refractivity contribution in [3.63, 3.8) is 0 Å². The zero-order valence-corrected chi connectivity index (χ0v) is 9.77. The lowest BCUT2D eigenvalue weighted by Gasteiger charge is -2.06. The monoisotopic (exact) mass is 245 g/mol. The fraction of sp³-hybridized carbons (Fsp3) is 0.0769. The van der Waals surface area contributed by atoms with Gasteiger partial charge in [0, 0.05) is 11.3 Å². The lowest BCUT2D eigenvalue weighted by molar-refractivity contribution is 0.102. The largest absolute Gasteiger partial charge is 0.399 e. The van der Waals surface area contributed by atoms with E-state index >= 15 is 0 Å². The van der Waals surface area contributed by atoms with Crippen molar-refractivity contribution in [3.8, 4) is 0 Å². The summed E-state index contributed by atoms with van der Waals surface area (Å²) in [5.74, 6) is -0.487. The van der Waals surface area contributed by atoms with Gasteiger partial charge in [-0.25, -0.2) is 9.37 Å². The van der Waals surface area contributed by atoms with E-state index in [0.717, 1.165) is 11.8 Å². The Morgan fingerprint density at radius 3 is 2.72 bits per heavy atom. The summed E-state index contributed by atoms with van der Waals surface area (Å²) in [5.41, 5.74) is 7.52. The summed E-state index contributed by atoms with van der Waals surface area (Å²) in [4.78, 5) is 15.7. The highest BCUT2D eigenvalue weighted by Crippen LogP contribution is 2.13. The molecule has 92 valence electrons. The van der Waals surface area contributed by atoms with Crippen LogP contribution in [0.1, 0.15) is 15.9 Å². The Morgan fingerprint density at radius 2 is 2.11 bits per heavy atom. The number of nitrogens with two attached hydrogens (primary N) is 1. The van der Waals surface area contributed by atoms with Crippen LogP contribution >= 0.6 is 0 Å². The van der Waals surface area contributed by atoms with Gasteiger partial charge in [-0.1, -0.05) is 0 Å². The number of benzene rings is 1. The Kier molecular flexibility index (Phi) is 3.23. The van der Waals surface area contributed by atoms with Crippen LogP contribution in [0.4, 0.5) is 15.9 Å². The summed E-state index contributed by atoms with van der Waals surface area (Å²) < 4.78 is 12.7. The maximum absolute atomic E-state index is 12.7. The van der Waals surface area contributed by atoms with Crippen LogP contribution in [0.5, 0.6) is 0 Å². The quantitative estimate of drug-likeness (QED) is 0.798. The van der Waals surface area contributed by atoms with Gasteiger partial charge in [0.05, 0.1) is 6.20 Å². The molecule has 18 heavy (non-hydrogen) atoms. The third-order valence-corrected chi connectivity index (χ3v) is 2.33. The van der Waals surface area contributed by atoms with Crippen molar-refractivity contribution in [1.29, 1.82) is 0 Å². The number of nitrogens with one attached hydrogen (secondary N) is 1. The average molecular weight is 245 g/mol. The summed E-state index contributed by atoms with van der Waals surface area (Å²) in [7, 11) is 0. The van der Waals surface area contributed by atoms with Crippen molar-refractivity contribution in [3.05, 3.63) is 53.5 Å². The van der Waals surface area contributed by atoms with Crippen LogP contribution in [0.3, 0.4) is 0 Å². The molecule has 2 aromatic rings. The van der Waals surface area contributed by atoms with Crippen molar-refractivity contribution in [2.75, 3.05) is 11.1 Å². The first-order valence-corrected chi connectivity index (χ1v) is 5.34. The van der Waals surface area contributed by atoms with Crippen LogP contribution in [0, 0.1) is 12.7 Å². The minimum absolute atomic E-state index is 0.293. The molecule has 3 N–H and O–H groups in total. The second-order valence-electron chi connectivity index (χ2n) is 3.95. The second kappa shape index (κ2) is 4.83. The normalized spacial score (nSPS) is 10.1. The molecule has 1 aromatic heterocycles. The van der Waals surface area contributed by atoms with Gasteiger partial charge in [0.1, 0.15) is 11.6 Å². The summed E-state index contributed by atoms with van der Waals surface area (Å²) in [6.45, 7) is 1.85. The van der Waals surface area contributed by atoms with Gasteiger partial charge in [-0.15, -0.1) is 0 Å². The molecular weight excluding hydrogens is 233 g/mol. The Labute approximate surface area is 104 Å². The molecule has 5 heteroatoms. The molecule has 0 aliphatic heterocycles. The Bertz CT molecular complexity index is 561. The van der Waals surface area contributed by atoms with Crippen molar-refractivity contribution < 1.29 is 9.18 Å². The highest BCUT2D eigenvalue weighted by molar-refractivity contribution is 6.04. The third-order valence-electron chi connectivity index (χ3n) is 2.33. The molecule has 4 nitrogen and oxygen atoms in total. The third kappa shape index (κ3) is 2.82. The van der Waals surface area contributed by atoms with E-state index in [1.807, 2.05) is 6.92 Å². The molecule has 0 fully saturated rings. The van der Waals surface area contributed by atoms with Gasteiger partial charge >= 0.3 is 0 Å². The predicted molar refractivity (Wildman–Crippen MR) is 67.7 cm³/mol. The number of carbonyl (C=O) groups excluding carboxylic acids is 1. The zero-order chi connectivity index (χ0) is 13.1. The fourth-order valence-electron chi connectivity index (χ4n) is 1.58. The highest BCUT2D eigenvalue weighted by Gasteiger charge is 2.08. The van der Waals surface area contributed by atoms with Gasteiger partial charge in [0.2, 0.25) is 0 Å². The molecule has 2 rings (SSSR count). The van der Waals surface area contributed by atoms with Crippen LogP contribution in [0.25, 0.3) is 0 Å². The number of aromatic nitrogens is 1. The van der Waals surface area contributed by atoms with E-state index in [0.29, 0.717) is 17.1 Å². The SMILES string of the molecule is Cc1cc(N)cc(C(=O)Nc2ccc(F)cn2)c1. The van der Waals surface area contributed by atoms with Gasteiger partial charge in [-0.3, -0.25) is 4.79 Å². The van der Waals surface area contributed by atoms with E-state index in [1.54, 1.807) is 18.2 Å². The number of carbonyl (C=O) groups is 1. The molecule has 0 atom stereocenters. The summed E-state index contributed by atoms with van der Waals surface area (Å²) >= 11 is 0. The minimum atomic E-state index is -0.451.